The summed E-state index contributed by atoms with van der Waals surface area (Å²) < 4.78 is 75.7. The molecule has 14 heteroatoms. The van der Waals surface area contributed by atoms with Gasteiger partial charge in [0.25, 0.3) is 10.0 Å². The van der Waals surface area contributed by atoms with Crippen LogP contribution in [-0.4, -0.2) is 49.3 Å². The minimum absolute atomic E-state index is 0.00966. The average Bonchev–Trinajstić information content (AvgIpc) is 3.29. The molecule has 1 amide bonds. The van der Waals surface area contributed by atoms with Crippen molar-refractivity contribution in [2.24, 2.45) is 0 Å². The van der Waals surface area contributed by atoms with E-state index in [0.29, 0.717) is 5.56 Å². The van der Waals surface area contributed by atoms with Crippen LogP contribution in [0.2, 0.25) is 5.02 Å². The maximum absolute atomic E-state index is 15.3. The van der Waals surface area contributed by atoms with Crippen molar-refractivity contribution >= 4 is 56.2 Å². The SMILES string of the molecule is CC(C)(C)OC(=O)N(c1cscn1)S(=O)(=O)c1cc(Cl)c(Nc2c(F)cccc2CN2CC(F)C2)cc1F. The molecule has 1 aliphatic heterocycles. The van der Waals surface area contributed by atoms with E-state index in [2.05, 4.69) is 10.3 Å². The van der Waals surface area contributed by atoms with Gasteiger partial charge in [0, 0.05) is 31.1 Å². The van der Waals surface area contributed by atoms with E-state index >= 15 is 4.39 Å². The van der Waals surface area contributed by atoms with Crippen molar-refractivity contribution in [2.75, 3.05) is 22.7 Å². The highest BCUT2D eigenvalue weighted by atomic mass is 35.5. The van der Waals surface area contributed by atoms with Gasteiger partial charge >= 0.3 is 6.09 Å². The molecule has 2 aromatic carbocycles. The molecule has 0 spiro atoms. The van der Waals surface area contributed by atoms with Crippen LogP contribution in [0.15, 0.2) is 46.1 Å². The fourth-order valence-corrected chi connectivity index (χ4v) is 5.91. The lowest BCUT2D eigenvalue weighted by Crippen LogP contribution is -2.47. The van der Waals surface area contributed by atoms with Crippen molar-refractivity contribution in [3.8, 4) is 0 Å². The zero-order valence-corrected chi connectivity index (χ0v) is 22.9. The van der Waals surface area contributed by atoms with Crippen molar-refractivity contribution in [3.63, 3.8) is 0 Å². The minimum Gasteiger partial charge on any atom is -0.443 e. The first-order valence-corrected chi connectivity index (χ1v) is 14.1. The van der Waals surface area contributed by atoms with Crippen LogP contribution in [0, 0.1) is 11.6 Å². The highest BCUT2D eigenvalue weighted by molar-refractivity contribution is 7.93. The number of aromatic nitrogens is 1. The Bertz CT molecular complexity index is 1440. The summed E-state index contributed by atoms with van der Waals surface area (Å²) in [4.78, 5) is 17.6. The summed E-state index contributed by atoms with van der Waals surface area (Å²) in [7, 11) is -4.87. The zero-order chi connectivity index (χ0) is 27.8. The van der Waals surface area contributed by atoms with Crippen LogP contribution in [0.1, 0.15) is 26.3 Å². The average molecular weight is 589 g/mol. The monoisotopic (exact) mass is 588 g/mol. The number of amides is 1. The van der Waals surface area contributed by atoms with Gasteiger partial charge in [-0.3, -0.25) is 4.90 Å². The van der Waals surface area contributed by atoms with Gasteiger partial charge in [-0.05, 0) is 38.5 Å². The Morgan fingerprint density at radius 2 is 1.97 bits per heavy atom. The van der Waals surface area contributed by atoms with E-state index in [4.69, 9.17) is 16.3 Å². The molecule has 4 rings (SSSR count). The number of hydrogen-bond donors (Lipinski definition) is 1. The maximum Gasteiger partial charge on any atom is 0.430 e. The Balaban J connectivity index is 1.68. The number of thiazole rings is 1. The van der Waals surface area contributed by atoms with Crippen LogP contribution in [0.25, 0.3) is 0 Å². The van der Waals surface area contributed by atoms with E-state index in [-0.39, 0.29) is 46.2 Å². The number of likely N-dealkylation sites (tertiary alicyclic amines) is 1. The van der Waals surface area contributed by atoms with Gasteiger partial charge in [-0.15, -0.1) is 15.6 Å². The quantitative estimate of drug-likeness (QED) is 0.356. The minimum atomic E-state index is -4.87. The predicted molar refractivity (Wildman–Crippen MR) is 139 cm³/mol. The number of rotatable bonds is 7. The number of nitrogens with one attached hydrogen (secondary N) is 1. The van der Waals surface area contributed by atoms with Crippen LogP contribution in [0.3, 0.4) is 0 Å². The lowest BCUT2D eigenvalue weighted by Gasteiger charge is -2.34. The number of benzene rings is 2. The summed E-state index contributed by atoms with van der Waals surface area (Å²) in [6.45, 7) is 5.30. The Hall–Kier alpha value is -2.87. The Kier molecular flexibility index (Phi) is 7.94. The molecule has 204 valence electrons. The fourth-order valence-electron chi connectivity index (χ4n) is 3.70. The zero-order valence-electron chi connectivity index (χ0n) is 20.5. The summed E-state index contributed by atoms with van der Waals surface area (Å²) in [5.41, 5.74) is 0.607. The van der Waals surface area contributed by atoms with E-state index in [0.717, 1.165) is 23.5 Å². The number of halogens is 4. The van der Waals surface area contributed by atoms with Crippen molar-refractivity contribution in [1.82, 2.24) is 9.88 Å². The van der Waals surface area contributed by atoms with E-state index in [1.54, 1.807) is 31.7 Å². The first-order chi connectivity index (χ1) is 17.8. The number of hydrogen-bond acceptors (Lipinski definition) is 8. The summed E-state index contributed by atoms with van der Waals surface area (Å²) in [6, 6.07) is 5.93. The highest BCUT2D eigenvalue weighted by Crippen LogP contribution is 2.35. The molecule has 0 saturated carbocycles. The summed E-state index contributed by atoms with van der Waals surface area (Å²) >= 11 is 7.34. The van der Waals surface area contributed by atoms with Crippen LogP contribution in [0.4, 0.5) is 35.2 Å². The normalized spacial score (nSPS) is 14.7. The number of para-hydroxylation sites is 1. The number of anilines is 3. The Morgan fingerprint density at radius 3 is 2.58 bits per heavy atom. The molecule has 2 heterocycles. The first kappa shape index (κ1) is 28.1. The van der Waals surface area contributed by atoms with Gasteiger partial charge in [0.05, 0.1) is 21.9 Å². The number of ether oxygens (including phenoxy) is 1. The van der Waals surface area contributed by atoms with Gasteiger partial charge in [-0.25, -0.2) is 31.4 Å². The second-order valence-corrected chi connectivity index (χ2v) is 12.4. The number of carbonyl (C=O) groups is 1. The van der Waals surface area contributed by atoms with Crippen LogP contribution in [-0.2, 0) is 21.3 Å². The van der Waals surface area contributed by atoms with Crippen molar-refractivity contribution in [2.45, 2.75) is 44.0 Å². The molecule has 1 fully saturated rings. The molecule has 1 aromatic heterocycles. The van der Waals surface area contributed by atoms with Crippen molar-refractivity contribution in [3.05, 3.63) is 63.4 Å². The second-order valence-electron chi connectivity index (χ2n) is 9.55. The molecule has 0 aliphatic carbocycles. The van der Waals surface area contributed by atoms with Gasteiger partial charge < -0.3 is 10.1 Å². The van der Waals surface area contributed by atoms with Gasteiger partial charge in [-0.2, -0.15) is 0 Å². The molecule has 0 unspecified atom stereocenters. The van der Waals surface area contributed by atoms with Gasteiger partial charge in [0.2, 0.25) is 0 Å². The van der Waals surface area contributed by atoms with Crippen molar-refractivity contribution < 1.29 is 31.1 Å². The molecular weight excluding hydrogens is 565 g/mol. The van der Waals surface area contributed by atoms with E-state index in [1.165, 1.54) is 23.0 Å². The molecule has 1 saturated heterocycles. The largest absolute Gasteiger partial charge is 0.443 e. The van der Waals surface area contributed by atoms with Gasteiger partial charge in [0.15, 0.2) is 5.82 Å². The van der Waals surface area contributed by atoms with E-state index in [1.807, 2.05) is 0 Å². The third kappa shape index (κ3) is 6.06. The summed E-state index contributed by atoms with van der Waals surface area (Å²) in [6.07, 6.45) is -2.22. The Morgan fingerprint density at radius 1 is 1.26 bits per heavy atom. The fraction of sp³-hybridized carbons (Fsp3) is 0.333. The molecule has 0 radical (unpaired) electrons. The number of carbonyl (C=O) groups excluding carboxylic acids is 1. The van der Waals surface area contributed by atoms with Crippen LogP contribution < -0.4 is 9.62 Å². The van der Waals surface area contributed by atoms with Crippen LogP contribution in [0.5, 0.6) is 0 Å². The first-order valence-electron chi connectivity index (χ1n) is 11.3. The summed E-state index contributed by atoms with van der Waals surface area (Å²) in [5, 5.41) is 3.76. The number of nitrogens with zero attached hydrogens (tertiary/aromatic N) is 3. The van der Waals surface area contributed by atoms with E-state index in [9.17, 15) is 22.0 Å². The standard InChI is InChI=1S/C24H24ClF3N4O4S2/c1-24(2,3)36-23(33)32(21-12-37-13-29-21)38(34,35)20-7-16(25)19(8-18(20)28)30-22-14(5-4-6-17(22)27)9-31-10-15(26)11-31/h4-8,12-13,15,30H,9-11H2,1-3H3. The molecule has 8 nitrogen and oxygen atoms in total. The molecular formula is C24H24ClF3N4O4S2. The highest BCUT2D eigenvalue weighted by Gasteiger charge is 2.38. The number of alkyl halides is 1. The molecule has 38 heavy (non-hydrogen) atoms. The lowest BCUT2D eigenvalue weighted by molar-refractivity contribution is 0.0591. The summed E-state index contributed by atoms with van der Waals surface area (Å²) in [5.74, 6) is -2.19. The third-order valence-electron chi connectivity index (χ3n) is 5.39. The molecule has 1 N–H and O–H groups in total. The third-order valence-corrected chi connectivity index (χ3v) is 7.96. The van der Waals surface area contributed by atoms with Crippen molar-refractivity contribution in [1.29, 1.82) is 0 Å². The topological polar surface area (TPSA) is 91.8 Å². The lowest BCUT2D eigenvalue weighted by atomic mass is 10.1. The number of sulfonamides is 1. The predicted octanol–water partition coefficient (Wildman–Crippen LogP) is 6.10. The van der Waals surface area contributed by atoms with Gasteiger partial charge in [0.1, 0.15) is 28.3 Å². The molecule has 0 bridgehead atoms. The molecule has 3 aromatic rings. The maximum atomic E-state index is 15.3. The molecule has 0 atom stereocenters. The molecule has 1 aliphatic rings. The van der Waals surface area contributed by atoms with Crippen LogP contribution >= 0.6 is 22.9 Å². The second kappa shape index (κ2) is 10.7. The smallest absolute Gasteiger partial charge is 0.430 e. The van der Waals surface area contributed by atoms with E-state index < -0.39 is 44.4 Å². The Labute approximate surface area is 227 Å². The van der Waals surface area contributed by atoms with Gasteiger partial charge in [-0.1, -0.05) is 23.7 Å².